The van der Waals surface area contributed by atoms with Crippen LogP contribution in [0.4, 0.5) is 5.13 Å². The third-order valence-corrected chi connectivity index (χ3v) is 6.48. The average Bonchev–Trinajstić information content (AvgIpc) is 3.09. The molecule has 0 bridgehead atoms. The molecular weight excluding hydrogens is 330 g/mol. The molecule has 3 rings (SSSR count). The first-order chi connectivity index (χ1) is 12.2. The molecule has 1 amide bonds. The van der Waals surface area contributed by atoms with Gasteiger partial charge in [0.05, 0.1) is 36.4 Å². The molecule has 0 radical (unpaired) electrons. The molecule has 1 aliphatic rings. The van der Waals surface area contributed by atoms with Gasteiger partial charge in [-0.05, 0) is 38.8 Å². The third kappa shape index (κ3) is 4.39. The molecular formula is C20H30N3OS+. The fraction of sp³-hybridized carbons (Fsp3) is 0.600. The molecule has 0 unspecified atom stereocenters. The van der Waals surface area contributed by atoms with Gasteiger partial charge in [-0.15, -0.1) is 0 Å². The third-order valence-electron chi connectivity index (χ3n) is 5.42. The zero-order valence-electron chi connectivity index (χ0n) is 15.5. The number of nitrogens with one attached hydrogen (secondary N) is 1. The van der Waals surface area contributed by atoms with E-state index in [2.05, 4.69) is 19.9 Å². The summed E-state index contributed by atoms with van der Waals surface area (Å²) in [6, 6.07) is 8.18. The van der Waals surface area contributed by atoms with E-state index in [4.69, 9.17) is 4.98 Å². The lowest BCUT2D eigenvalue weighted by Crippen LogP contribution is -3.12. The zero-order valence-corrected chi connectivity index (χ0v) is 16.3. The lowest BCUT2D eigenvalue weighted by Gasteiger charge is -2.28. The van der Waals surface area contributed by atoms with E-state index in [1.54, 1.807) is 11.3 Å². The van der Waals surface area contributed by atoms with Crippen LogP contribution in [0, 0.1) is 5.92 Å². The number of aromatic nitrogens is 1. The number of nitrogens with zero attached hydrogens (tertiary/aromatic N) is 2. The van der Waals surface area contributed by atoms with Crippen molar-refractivity contribution in [1.82, 2.24) is 4.98 Å². The largest absolute Gasteiger partial charge is 0.334 e. The van der Waals surface area contributed by atoms with Crippen molar-refractivity contribution in [2.24, 2.45) is 5.92 Å². The Morgan fingerprint density at radius 3 is 2.60 bits per heavy atom. The number of benzene rings is 1. The summed E-state index contributed by atoms with van der Waals surface area (Å²) >= 11 is 1.65. The summed E-state index contributed by atoms with van der Waals surface area (Å²) in [4.78, 5) is 21.5. The van der Waals surface area contributed by atoms with Crippen LogP contribution in [0.2, 0.25) is 0 Å². The Hall–Kier alpha value is -1.46. The summed E-state index contributed by atoms with van der Waals surface area (Å²) < 4.78 is 1.16. The first-order valence-electron chi connectivity index (χ1n) is 9.73. The molecule has 0 spiro atoms. The molecule has 0 aliphatic heterocycles. The van der Waals surface area contributed by atoms with Gasteiger partial charge in [0.2, 0.25) is 5.91 Å². The summed E-state index contributed by atoms with van der Waals surface area (Å²) in [7, 11) is 0. The van der Waals surface area contributed by atoms with Crippen molar-refractivity contribution >= 4 is 32.6 Å². The van der Waals surface area contributed by atoms with E-state index in [0.29, 0.717) is 5.91 Å². The standard InChI is InChI=1S/C20H29N3OS/c1-3-22(4-2)14-15-23(19(24)16-10-6-5-7-11-16)20-21-17-12-8-9-13-18(17)25-20/h8-9,12-13,16H,3-7,10-11,14-15H2,1-2H3/p+1. The van der Waals surface area contributed by atoms with Gasteiger partial charge in [0.15, 0.2) is 5.13 Å². The fourth-order valence-electron chi connectivity index (χ4n) is 3.72. The number of rotatable bonds is 7. The lowest BCUT2D eigenvalue weighted by molar-refractivity contribution is -0.894. The van der Waals surface area contributed by atoms with E-state index in [-0.39, 0.29) is 5.92 Å². The van der Waals surface area contributed by atoms with Crippen molar-refractivity contribution in [2.45, 2.75) is 46.0 Å². The molecule has 0 saturated heterocycles. The van der Waals surface area contributed by atoms with Gasteiger partial charge in [-0.1, -0.05) is 42.7 Å². The van der Waals surface area contributed by atoms with Crippen LogP contribution < -0.4 is 9.80 Å². The van der Waals surface area contributed by atoms with E-state index < -0.39 is 0 Å². The number of fused-ring (bicyclic) bond motifs is 1. The van der Waals surface area contributed by atoms with Crippen molar-refractivity contribution in [3.63, 3.8) is 0 Å². The maximum absolute atomic E-state index is 13.2. The van der Waals surface area contributed by atoms with Gasteiger partial charge in [0, 0.05) is 5.92 Å². The number of hydrogen-bond acceptors (Lipinski definition) is 3. The predicted molar refractivity (Wildman–Crippen MR) is 105 cm³/mol. The summed E-state index contributed by atoms with van der Waals surface area (Å²) in [5.74, 6) is 0.484. The minimum atomic E-state index is 0.187. The predicted octanol–water partition coefficient (Wildman–Crippen LogP) is 3.13. The highest BCUT2D eigenvalue weighted by molar-refractivity contribution is 7.22. The van der Waals surface area contributed by atoms with Gasteiger partial charge in [0.25, 0.3) is 0 Å². The van der Waals surface area contributed by atoms with Crippen LogP contribution in [0.1, 0.15) is 46.0 Å². The number of amides is 1. The van der Waals surface area contributed by atoms with Crippen molar-refractivity contribution in [1.29, 1.82) is 0 Å². The Bertz CT molecular complexity index is 656. The van der Waals surface area contributed by atoms with Crippen molar-refractivity contribution in [2.75, 3.05) is 31.1 Å². The highest BCUT2D eigenvalue weighted by atomic mass is 32.1. The van der Waals surface area contributed by atoms with Crippen molar-refractivity contribution < 1.29 is 9.69 Å². The van der Waals surface area contributed by atoms with Crippen LogP contribution in [0.5, 0.6) is 0 Å². The van der Waals surface area contributed by atoms with Gasteiger partial charge >= 0.3 is 0 Å². The second-order valence-corrected chi connectivity index (χ2v) is 8.01. The number of carbonyl (C=O) groups excluding carboxylic acids is 1. The average molecular weight is 361 g/mol. The van der Waals surface area contributed by atoms with Crippen LogP contribution >= 0.6 is 11.3 Å². The maximum atomic E-state index is 13.2. The van der Waals surface area contributed by atoms with E-state index >= 15 is 0 Å². The minimum Gasteiger partial charge on any atom is -0.334 e. The number of carbonyl (C=O) groups is 1. The Morgan fingerprint density at radius 2 is 1.92 bits per heavy atom. The van der Waals surface area contributed by atoms with E-state index in [1.807, 2.05) is 23.1 Å². The molecule has 0 atom stereocenters. The van der Waals surface area contributed by atoms with Crippen molar-refractivity contribution in [3.8, 4) is 0 Å². The summed E-state index contributed by atoms with van der Waals surface area (Å²) in [5.41, 5.74) is 0.999. The molecule has 1 aromatic heterocycles. The number of thiazole rings is 1. The summed E-state index contributed by atoms with van der Waals surface area (Å²) in [6.07, 6.45) is 5.72. The number of likely N-dealkylation sites (N-methyl/N-ethyl adjacent to an activating group) is 1. The van der Waals surface area contributed by atoms with Gasteiger partial charge in [-0.2, -0.15) is 0 Å². The molecule has 1 aliphatic carbocycles. The smallest absolute Gasteiger partial charge is 0.232 e. The van der Waals surface area contributed by atoms with Gasteiger partial charge in [-0.3, -0.25) is 9.69 Å². The molecule has 136 valence electrons. The number of hydrogen-bond donors (Lipinski definition) is 1. The number of quaternary nitrogens is 1. The second kappa shape index (κ2) is 8.77. The minimum absolute atomic E-state index is 0.187. The molecule has 1 heterocycles. The highest BCUT2D eigenvalue weighted by Crippen LogP contribution is 2.32. The zero-order chi connectivity index (χ0) is 17.6. The van der Waals surface area contributed by atoms with Crippen molar-refractivity contribution in [3.05, 3.63) is 24.3 Å². The summed E-state index contributed by atoms with van der Waals surface area (Å²) in [6.45, 7) is 8.38. The first kappa shape index (κ1) is 18.3. The Labute approximate surface area is 154 Å². The van der Waals surface area contributed by atoms with Crippen LogP contribution in [0.3, 0.4) is 0 Å². The molecule has 1 fully saturated rings. The number of anilines is 1. The molecule has 1 saturated carbocycles. The van der Waals surface area contributed by atoms with Crippen LogP contribution in [0.15, 0.2) is 24.3 Å². The molecule has 4 nitrogen and oxygen atoms in total. The van der Waals surface area contributed by atoms with E-state index in [9.17, 15) is 4.79 Å². The Kier molecular flexibility index (Phi) is 6.43. The second-order valence-electron chi connectivity index (χ2n) is 7.00. The number of para-hydroxylation sites is 1. The van der Waals surface area contributed by atoms with E-state index in [1.165, 1.54) is 24.2 Å². The Balaban J connectivity index is 1.83. The van der Waals surface area contributed by atoms with E-state index in [0.717, 1.165) is 54.4 Å². The first-order valence-corrected chi connectivity index (χ1v) is 10.5. The quantitative estimate of drug-likeness (QED) is 0.824. The molecule has 25 heavy (non-hydrogen) atoms. The highest BCUT2D eigenvalue weighted by Gasteiger charge is 2.29. The monoisotopic (exact) mass is 360 g/mol. The van der Waals surface area contributed by atoms with Gasteiger partial charge < -0.3 is 4.90 Å². The topological polar surface area (TPSA) is 37.6 Å². The Morgan fingerprint density at radius 1 is 1.20 bits per heavy atom. The fourth-order valence-corrected chi connectivity index (χ4v) is 4.72. The van der Waals surface area contributed by atoms with Crippen LogP contribution in [-0.2, 0) is 4.79 Å². The molecule has 5 heteroatoms. The lowest BCUT2D eigenvalue weighted by atomic mass is 9.88. The molecule has 1 aromatic carbocycles. The normalized spacial score (nSPS) is 15.8. The maximum Gasteiger partial charge on any atom is 0.232 e. The van der Waals surface area contributed by atoms with Gasteiger partial charge in [-0.25, -0.2) is 4.98 Å². The molecule has 2 aromatic rings. The van der Waals surface area contributed by atoms with Gasteiger partial charge in [0.1, 0.15) is 0 Å². The summed E-state index contributed by atoms with van der Waals surface area (Å²) in [5, 5.41) is 0.878. The van der Waals surface area contributed by atoms with Crippen LogP contribution in [-0.4, -0.2) is 37.1 Å². The SMILES string of the molecule is CC[NH+](CC)CCN(C(=O)C1CCCCC1)c1nc2ccccc2s1. The molecule has 1 N–H and O–H groups in total. The van der Waals surface area contributed by atoms with Crippen LogP contribution in [0.25, 0.3) is 10.2 Å².